The largest absolute Gasteiger partial charge is 0.444 e. The number of carbonyl (C=O) groups is 2. The van der Waals surface area contributed by atoms with Gasteiger partial charge in [0, 0.05) is 15.8 Å². The van der Waals surface area contributed by atoms with E-state index in [0.717, 1.165) is 27.0 Å². The number of carbonyl (C=O) groups excluding carboxylic acids is 2. The number of aromatic nitrogens is 1. The van der Waals surface area contributed by atoms with E-state index in [1.807, 2.05) is 89.2 Å². The van der Waals surface area contributed by atoms with Crippen molar-refractivity contribution in [2.75, 3.05) is 5.73 Å². The van der Waals surface area contributed by atoms with Gasteiger partial charge >= 0.3 is 6.09 Å². The first-order valence-corrected chi connectivity index (χ1v) is 12.5. The second-order valence-corrected chi connectivity index (χ2v) is 11.0. The van der Waals surface area contributed by atoms with Crippen LogP contribution in [-0.2, 0) is 4.74 Å². The van der Waals surface area contributed by atoms with Gasteiger partial charge in [0.2, 0.25) is 0 Å². The predicted octanol–water partition coefficient (Wildman–Crippen LogP) is 6.93. The van der Waals surface area contributed by atoms with Crippen molar-refractivity contribution >= 4 is 39.1 Å². The molecule has 1 atom stereocenters. The lowest BCUT2D eigenvalue weighted by Crippen LogP contribution is -2.36. The van der Waals surface area contributed by atoms with Crippen molar-refractivity contribution < 1.29 is 14.3 Å². The van der Waals surface area contributed by atoms with E-state index in [-0.39, 0.29) is 17.7 Å². The molecule has 7 heteroatoms. The fraction of sp³-hybridized carbons (Fsp3) is 0.286. The van der Waals surface area contributed by atoms with Crippen LogP contribution in [0.2, 0.25) is 0 Å². The number of amides is 1. The normalized spacial score (nSPS) is 12.6. The Kier molecular flexibility index (Phi) is 6.72. The van der Waals surface area contributed by atoms with Gasteiger partial charge in [0.25, 0.3) is 0 Å². The average Bonchev–Trinajstić information content (AvgIpc) is 3.37. The van der Waals surface area contributed by atoms with Crippen molar-refractivity contribution in [3.63, 3.8) is 0 Å². The van der Waals surface area contributed by atoms with E-state index >= 15 is 0 Å². The third-order valence-corrected chi connectivity index (χ3v) is 6.71. The highest BCUT2D eigenvalue weighted by molar-refractivity contribution is 7.16. The molecule has 0 bridgehead atoms. The predicted molar refractivity (Wildman–Crippen MR) is 143 cm³/mol. The van der Waals surface area contributed by atoms with Gasteiger partial charge in [-0.25, -0.2) is 4.79 Å². The smallest absolute Gasteiger partial charge is 0.408 e. The molecule has 1 amide bonds. The Labute approximate surface area is 209 Å². The van der Waals surface area contributed by atoms with Crippen LogP contribution in [0.4, 0.5) is 9.80 Å². The summed E-state index contributed by atoms with van der Waals surface area (Å²) in [7, 11) is 0. The molecule has 4 aromatic rings. The fourth-order valence-corrected chi connectivity index (χ4v) is 5.24. The number of hydrogen-bond acceptors (Lipinski definition) is 5. The van der Waals surface area contributed by atoms with Crippen LogP contribution in [-0.4, -0.2) is 22.5 Å². The zero-order valence-corrected chi connectivity index (χ0v) is 21.5. The molecule has 2 aromatic carbocycles. The molecular formula is C28H31N3O3S. The molecule has 0 saturated heterocycles. The number of nitrogens with two attached hydrogens (primary N) is 1. The quantitative estimate of drug-likeness (QED) is 0.256. The molecule has 0 radical (unpaired) electrons. The maximum Gasteiger partial charge on any atom is 0.408 e. The number of ketones is 1. The van der Waals surface area contributed by atoms with Gasteiger partial charge in [-0.15, -0.1) is 11.3 Å². The highest BCUT2D eigenvalue weighted by atomic mass is 32.1. The molecule has 182 valence electrons. The van der Waals surface area contributed by atoms with Crippen molar-refractivity contribution in [3.05, 3.63) is 76.7 Å². The minimum absolute atomic E-state index is 0.0662. The molecule has 6 nitrogen and oxygen atoms in total. The van der Waals surface area contributed by atoms with E-state index in [2.05, 4.69) is 10.3 Å². The summed E-state index contributed by atoms with van der Waals surface area (Å²) in [6.07, 6.45) is -0.501. The van der Waals surface area contributed by atoms with Crippen LogP contribution in [0.5, 0.6) is 0 Å². The van der Waals surface area contributed by atoms with E-state index in [4.69, 9.17) is 10.5 Å². The van der Waals surface area contributed by atoms with Crippen LogP contribution < -0.4 is 11.1 Å². The summed E-state index contributed by atoms with van der Waals surface area (Å²) in [5, 5.41) is 4.21. The van der Waals surface area contributed by atoms with Crippen LogP contribution in [0.1, 0.15) is 61.5 Å². The summed E-state index contributed by atoms with van der Waals surface area (Å²) in [6, 6.07) is 19.0. The zero-order chi connectivity index (χ0) is 25.3. The van der Waals surface area contributed by atoms with Gasteiger partial charge in [-0.1, -0.05) is 62.4 Å². The van der Waals surface area contributed by atoms with Crippen LogP contribution in [0.3, 0.4) is 0 Å². The lowest BCUT2D eigenvalue weighted by atomic mass is 9.96. The van der Waals surface area contributed by atoms with Crippen LogP contribution in [0.25, 0.3) is 22.2 Å². The number of rotatable bonds is 6. The summed E-state index contributed by atoms with van der Waals surface area (Å²) in [5.74, 6) is -0.0856. The monoisotopic (exact) mass is 489 g/mol. The van der Waals surface area contributed by atoms with Crippen molar-refractivity contribution in [1.82, 2.24) is 10.3 Å². The summed E-state index contributed by atoms with van der Waals surface area (Å²) in [5.41, 5.74) is 9.38. The Morgan fingerprint density at radius 1 is 1.03 bits per heavy atom. The molecule has 0 aliphatic rings. The number of benzene rings is 2. The second-order valence-electron chi connectivity index (χ2n) is 9.91. The Balaban J connectivity index is 1.74. The third-order valence-electron chi connectivity index (χ3n) is 5.67. The molecule has 0 spiro atoms. The SMILES string of the molecule is CC(C)[C@@H](NC(=O)OC(C)(C)C)c1cc(C(=O)c2c(-c3ccccc3)[nH]c3ccccc23)c(N)s1. The first-order valence-electron chi connectivity index (χ1n) is 11.6. The summed E-state index contributed by atoms with van der Waals surface area (Å²) in [6.45, 7) is 9.48. The molecule has 35 heavy (non-hydrogen) atoms. The second kappa shape index (κ2) is 9.58. The van der Waals surface area contributed by atoms with Gasteiger partial charge in [0.05, 0.1) is 27.9 Å². The van der Waals surface area contributed by atoms with E-state index < -0.39 is 11.7 Å². The highest BCUT2D eigenvalue weighted by Gasteiger charge is 2.28. The lowest BCUT2D eigenvalue weighted by Gasteiger charge is -2.25. The number of nitrogens with one attached hydrogen (secondary N) is 2. The average molecular weight is 490 g/mol. The van der Waals surface area contributed by atoms with Gasteiger partial charge in [0.1, 0.15) is 5.60 Å². The first-order chi connectivity index (χ1) is 16.5. The van der Waals surface area contributed by atoms with Gasteiger partial charge < -0.3 is 20.8 Å². The zero-order valence-electron chi connectivity index (χ0n) is 20.6. The number of alkyl carbamates (subject to hydrolysis) is 1. The van der Waals surface area contributed by atoms with Crippen molar-refractivity contribution in [2.45, 2.75) is 46.3 Å². The lowest BCUT2D eigenvalue weighted by molar-refractivity contribution is 0.0490. The van der Waals surface area contributed by atoms with Crippen molar-refractivity contribution in [1.29, 1.82) is 0 Å². The van der Waals surface area contributed by atoms with E-state index in [0.29, 0.717) is 16.1 Å². The highest BCUT2D eigenvalue weighted by Crippen LogP contribution is 2.38. The van der Waals surface area contributed by atoms with Gasteiger partial charge in [-0.05, 0) is 44.4 Å². The fourth-order valence-electron chi connectivity index (χ4n) is 4.09. The van der Waals surface area contributed by atoms with Crippen molar-refractivity contribution in [2.24, 2.45) is 5.92 Å². The Morgan fingerprint density at radius 3 is 2.34 bits per heavy atom. The number of para-hydroxylation sites is 1. The Bertz CT molecular complexity index is 1360. The number of anilines is 1. The minimum Gasteiger partial charge on any atom is -0.444 e. The number of aromatic amines is 1. The van der Waals surface area contributed by atoms with E-state index in [1.165, 1.54) is 11.3 Å². The van der Waals surface area contributed by atoms with Crippen LogP contribution >= 0.6 is 11.3 Å². The van der Waals surface area contributed by atoms with E-state index in [1.54, 1.807) is 6.07 Å². The number of H-pyrrole nitrogens is 1. The number of thiophene rings is 1. The standard InChI is InChI=1S/C28H31N3O3S/c1-16(2)23(31-27(33)34-28(3,4)5)21-15-19(26(29)35-21)25(32)22-18-13-9-10-14-20(18)30-24(22)17-11-7-6-8-12-17/h6-16,23,30H,29H2,1-5H3,(H,31,33)/t23-/m1/s1. The molecule has 2 heterocycles. The summed E-state index contributed by atoms with van der Waals surface area (Å²) >= 11 is 1.32. The molecule has 0 saturated carbocycles. The maximum absolute atomic E-state index is 13.9. The van der Waals surface area contributed by atoms with E-state index in [9.17, 15) is 9.59 Å². The van der Waals surface area contributed by atoms with Gasteiger partial charge in [-0.3, -0.25) is 4.79 Å². The summed E-state index contributed by atoms with van der Waals surface area (Å²) in [4.78, 5) is 30.7. The molecule has 4 N–H and O–H groups in total. The first kappa shape index (κ1) is 24.5. The van der Waals surface area contributed by atoms with Gasteiger partial charge in [0.15, 0.2) is 5.78 Å². The third kappa shape index (κ3) is 5.25. The molecule has 2 aromatic heterocycles. The molecule has 0 fully saturated rings. The topological polar surface area (TPSA) is 97.2 Å². The number of fused-ring (bicyclic) bond motifs is 1. The number of hydrogen-bond donors (Lipinski definition) is 3. The minimum atomic E-state index is -0.607. The Morgan fingerprint density at radius 2 is 1.69 bits per heavy atom. The number of ether oxygens (including phenoxy) is 1. The molecule has 0 aliphatic carbocycles. The Hall–Kier alpha value is -3.58. The summed E-state index contributed by atoms with van der Waals surface area (Å²) < 4.78 is 5.45. The van der Waals surface area contributed by atoms with Crippen LogP contribution in [0.15, 0.2) is 60.7 Å². The maximum atomic E-state index is 13.9. The molecule has 4 rings (SSSR count). The van der Waals surface area contributed by atoms with Crippen molar-refractivity contribution in [3.8, 4) is 11.3 Å². The number of nitrogen functional groups attached to an aromatic ring is 1. The molecule has 0 aliphatic heterocycles. The van der Waals surface area contributed by atoms with Gasteiger partial charge in [-0.2, -0.15) is 0 Å². The molecular weight excluding hydrogens is 458 g/mol. The molecule has 0 unspecified atom stereocenters. The van der Waals surface area contributed by atoms with Crippen LogP contribution in [0, 0.1) is 5.92 Å².